The molecule has 1 atom stereocenters. The van der Waals surface area contributed by atoms with Gasteiger partial charge in [-0.3, -0.25) is 4.79 Å². The molecule has 0 aliphatic carbocycles. The van der Waals surface area contributed by atoms with Crippen molar-refractivity contribution in [1.82, 2.24) is 10.5 Å². The van der Waals surface area contributed by atoms with Crippen molar-refractivity contribution in [2.45, 2.75) is 38.3 Å². The second kappa shape index (κ2) is 6.95. The predicted octanol–water partition coefficient (Wildman–Crippen LogP) is 1.91. The smallest absolute Gasteiger partial charge is 0.238 e. The standard InChI is InChI=1S/C16H20N2O4S/c1-11-4-6-14(7-5-11)9-17-16(19)13(3)23(20,21)10-15-8-12(2)18-22-15/h4-8,13H,9-10H2,1-3H3,(H,17,19)/t13-/m1/s1. The molecule has 1 aromatic heterocycles. The maximum Gasteiger partial charge on any atom is 0.238 e. The van der Waals surface area contributed by atoms with Crippen molar-refractivity contribution >= 4 is 15.7 Å². The number of benzene rings is 1. The van der Waals surface area contributed by atoms with Crippen LogP contribution in [0, 0.1) is 13.8 Å². The molecule has 0 radical (unpaired) electrons. The molecule has 0 bridgehead atoms. The van der Waals surface area contributed by atoms with E-state index in [1.807, 2.05) is 31.2 Å². The van der Waals surface area contributed by atoms with Gasteiger partial charge in [-0.1, -0.05) is 35.0 Å². The van der Waals surface area contributed by atoms with Gasteiger partial charge >= 0.3 is 0 Å². The normalized spacial score (nSPS) is 12.8. The first kappa shape index (κ1) is 17.2. The number of nitrogens with one attached hydrogen (secondary N) is 1. The Morgan fingerprint density at radius 2 is 1.91 bits per heavy atom. The highest BCUT2D eigenvalue weighted by Crippen LogP contribution is 2.13. The lowest BCUT2D eigenvalue weighted by molar-refractivity contribution is -0.120. The fourth-order valence-corrected chi connectivity index (χ4v) is 3.20. The quantitative estimate of drug-likeness (QED) is 0.870. The molecule has 124 valence electrons. The first-order valence-electron chi connectivity index (χ1n) is 7.25. The van der Waals surface area contributed by atoms with E-state index in [0.717, 1.165) is 11.1 Å². The molecule has 0 aliphatic heterocycles. The number of sulfone groups is 1. The highest BCUT2D eigenvalue weighted by molar-refractivity contribution is 7.92. The number of amides is 1. The van der Waals surface area contributed by atoms with E-state index in [1.54, 1.807) is 13.0 Å². The Morgan fingerprint density at radius 1 is 1.26 bits per heavy atom. The zero-order valence-corrected chi connectivity index (χ0v) is 14.2. The van der Waals surface area contributed by atoms with Gasteiger partial charge in [0.1, 0.15) is 11.0 Å². The molecule has 1 aromatic carbocycles. The molecule has 1 N–H and O–H groups in total. The molecule has 2 rings (SSSR count). The van der Waals surface area contributed by atoms with Gasteiger partial charge in [0.15, 0.2) is 15.6 Å². The van der Waals surface area contributed by atoms with E-state index in [-0.39, 0.29) is 11.5 Å². The summed E-state index contributed by atoms with van der Waals surface area (Å²) in [6.07, 6.45) is 0. The third-order valence-corrected chi connectivity index (χ3v) is 5.49. The van der Waals surface area contributed by atoms with Crippen molar-refractivity contribution in [2.24, 2.45) is 0 Å². The van der Waals surface area contributed by atoms with Crippen molar-refractivity contribution in [3.8, 4) is 0 Å². The SMILES string of the molecule is Cc1ccc(CNC(=O)[C@@H](C)S(=O)(=O)Cc2cc(C)no2)cc1. The van der Waals surface area contributed by atoms with Gasteiger partial charge in [0.25, 0.3) is 0 Å². The fourth-order valence-electron chi connectivity index (χ4n) is 2.01. The fraction of sp³-hybridized carbons (Fsp3) is 0.375. The molecule has 0 saturated heterocycles. The van der Waals surface area contributed by atoms with Gasteiger partial charge in [0, 0.05) is 12.6 Å². The monoisotopic (exact) mass is 336 g/mol. The summed E-state index contributed by atoms with van der Waals surface area (Å²) in [7, 11) is -3.66. The molecule has 0 aliphatic rings. The Labute approximate surface area is 135 Å². The van der Waals surface area contributed by atoms with E-state index in [4.69, 9.17) is 4.52 Å². The first-order valence-corrected chi connectivity index (χ1v) is 8.96. The van der Waals surface area contributed by atoms with Gasteiger partial charge in [0.05, 0.1) is 5.69 Å². The Hall–Kier alpha value is -2.15. The van der Waals surface area contributed by atoms with Crippen LogP contribution in [0.5, 0.6) is 0 Å². The third kappa shape index (κ3) is 4.66. The molecule has 0 saturated carbocycles. The maximum absolute atomic E-state index is 12.3. The Morgan fingerprint density at radius 3 is 2.48 bits per heavy atom. The minimum Gasteiger partial charge on any atom is -0.360 e. The van der Waals surface area contributed by atoms with E-state index in [9.17, 15) is 13.2 Å². The third-order valence-electron chi connectivity index (χ3n) is 3.52. The molecule has 6 nitrogen and oxygen atoms in total. The van der Waals surface area contributed by atoms with Crippen LogP contribution in [0.2, 0.25) is 0 Å². The lowest BCUT2D eigenvalue weighted by atomic mass is 10.1. The molecule has 0 unspecified atom stereocenters. The number of hydrogen-bond acceptors (Lipinski definition) is 5. The van der Waals surface area contributed by atoms with Crippen molar-refractivity contribution in [3.63, 3.8) is 0 Å². The zero-order chi connectivity index (χ0) is 17.0. The number of nitrogens with zero attached hydrogens (tertiary/aromatic N) is 1. The van der Waals surface area contributed by atoms with Crippen molar-refractivity contribution in [3.05, 3.63) is 52.9 Å². The summed E-state index contributed by atoms with van der Waals surface area (Å²) in [5.74, 6) is -0.630. The van der Waals surface area contributed by atoms with Gasteiger partial charge in [-0.2, -0.15) is 0 Å². The van der Waals surface area contributed by atoms with Crippen molar-refractivity contribution in [1.29, 1.82) is 0 Å². The van der Waals surface area contributed by atoms with Gasteiger partial charge in [-0.25, -0.2) is 8.42 Å². The van der Waals surface area contributed by atoms with Crippen LogP contribution in [0.25, 0.3) is 0 Å². The summed E-state index contributed by atoms with van der Waals surface area (Å²) in [6, 6.07) is 9.22. The zero-order valence-electron chi connectivity index (χ0n) is 13.4. The minimum atomic E-state index is -3.66. The average Bonchev–Trinajstić information content (AvgIpc) is 2.90. The summed E-state index contributed by atoms with van der Waals surface area (Å²) in [5.41, 5.74) is 2.64. The van der Waals surface area contributed by atoms with Crippen LogP contribution in [0.3, 0.4) is 0 Å². The second-order valence-corrected chi connectivity index (χ2v) is 7.91. The lowest BCUT2D eigenvalue weighted by Gasteiger charge is -2.12. The van der Waals surface area contributed by atoms with Crippen LogP contribution in [0.15, 0.2) is 34.9 Å². The van der Waals surface area contributed by atoms with Crippen LogP contribution >= 0.6 is 0 Å². The molecular formula is C16H20N2O4S. The van der Waals surface area contributed by atoms with Crippen molar-refractivity contribution in [2.75, 3.05) is 0 Å². The second-order valence-electron chi connectivity index (χ2n) is 5.59. The Bertz CT molecular complexity index is 779. The molecule has 1 heterocycles. The summed E-state index contributed by atoms with van der Waals surface area (Å²) in [4.78, 5) is 12.1. The summed E-state index contributed by atoms with van der Waals surface area (Å²) >= 11 is 0. The minimum absolute atomic E-state index is 0.237. The molecule has 0 fully saturated rings. The maximum atomic E-state index is 12.3. The number of aromatic nitrogens is 1. The van der Waals surface area contributed by atoms with Gasteiger partial charge in [-0.05, 0) is 26.3 Å². The molecule has 1 amide bonds. The van der Waals surface area contributed by atoms with E-state index in [1.165, 1.54) is 6.92 Å². The first-order chi connectivity index (χ1) is 10.8. The topological polar surface area (TPSA) is 89.3 Å². The number of hydrogen-bond donors (Lipinski definition) is 1. The number of rotatable bonds is 6. The lowest BCUT2D eigenvalue weighted by Crippen LogP contribution is -2.38. The molecule has 0 spiro atoms. The van der Waals surface area contributed by atoms with E-state index >= 15 is 0 Å². The number of aryl methyl sites for hydroxylation is 2. The summed E-state index contributed by atoms with van der Waals surface area (Å²) < 4.78 is 29.4. The largest absolute Gasteiger partial charge is 0.360 e. The van der Waals surface area contributed by atoms with Crippen LogP contribution in [-0.2, 0) is 26.9 Å². The van der Waals surface area contributed by atoms with Crippen molar-refractivity contribution < 1.29 is 17.7 Å². The molecule has 7 heteroatoms. The predicted molar refractivity (Wildman–Crippen MR) is 86.4 cm³/mol. The van der Waals surface area contributed by atoms with E-state index < -0.39 is 21.0 Å². The molecule has 23 heavy (non-hydrogen) atoms. The highest BCUT2D eigenvalue weighted by Gasteiger charge is 2.29. The Kier molecular flexibility index (Phi) is 5.20. The van der Waals surface area contributed by atoms with Gasteiger partial charge in [0.2, 0.25) is 5.91 Å². The average molecular weight is 336 g/mol. The summed E-state index contributed by atoms with van der Waals surface area (Å²) in [5, 5.41) is 5.14. The summed E-state index contributed by atoms with van der Waals surface area (Å²) in [6.45, 7) is 5.35. The van der Waals surface area contributed by atoms with Gasteiger partial charge < -0.3 is 9.84 Å². The Balaban J connectivity index is 1.96. The molecule has 2 aromatic rings. The number of carbonyl (C=O) groups is 1. The van der Waals surface area contributed by atoms with Crippen LogP contribution in [-0.4, -0.2) is 24.7 Å². The number of carbonyl (C=O) groups excluding carboxylic acids is 1. The highest BCUT2D eigenvalue weighted by atomic mass is 32.2. The van der Waals surface area contributed by atoms with E-state index in [2.05, 4.69) is 10.5 Å². The van der Waals surface area contributed by atoms with Gasteiger partial charge in [-0.15, -0.1) is 0 Å². The molecular weight excluding hydrogens is 316 g/mol. The van der Waals surface area contributed by atoms with Crippen LogP contribution in [0.1, 0.15) is 29.5 Å². The van der Waals surface area contributed by atoms with Crippen LogP contribution in [0.4, 0.5) is 0 Å². The van der Waals surface area contributed by atoms with Crippen LogP contribution < -0.4 is 5.32 Å². The van der Waals surface area contributed by atoms with E-state index in [0.29, 0.717) is 12.2 Å².